The third kappa shape index (κ3) is 36.4. The van der Waals surface area contributed by atoms with Crippen LogP contribution in [0, 0.1) is 92.7 Å². The number of aldehydes is 1. The van der Waals surface area contributed by atoms with E-state index in [1.54, 1.807) is 0 Å². The average Bonchev–Trinajstić information content (AvgIpc) is 0.877. The molecule has 1 N–H and O–H groups in total. The summed E-state index contributed by atoms with van der Waals surface area (Å²) in [5.41, 5.74) is -7.15. The van der Waals surface area contributed by atoms with E-state index in [1.165, 1.54) is 202 Å². The molecule has 0 spiro atoms. The molecule has 3 aromatic rings. The Balaban J connectivity index is 0.000000401. The summed E-state index contributed by atoms with van der Waals surface area (Å²) >= 11 is -9.96. The summed E-state index contributed by atoms with van der Waals surface area (Å²) < 4.78 is 195. The first kappa shape index (κ1) is 118. The summed E-state index contributed by atoms with van der Waals surface area (Å²) in [5.74, 6) is 5.18. The van der Waals surface area contributed by atoms with Crippen molar-refractivity contribution in [3.8, 4) is 0 Å². The Morgan fingerprint density at radius 2 is 0.680 bits per heavy atom. The zero-order chi connectivity index (χ0) is 93.3. The standard InChI is InChI=1S/C24H28P.C23H39F3.C18H29F3O2.C18H30O4.C17H27F3O.BrH.Cr.F4S.FH.3O/c1-2-3-4-14-21-25(22-15-8-5-9-16-22,23-17-10-6-11-18-23)24-19-12-7-13-20-24;1-3-5-6-7-8-16-22(23(24,25)26)17-14-21(15-18-22)20-12-10-19(9-4-2)11-13-20;1-3-4-13-5-7-14(8-6-13)15-9-11-17(12-10-15,16(22)23-2)18(19,20)21;1-3-4-13-5-7-14(8-6-13)15-9-11-18(12-10-15,16(19)20)17(21)22-2;1-2-3-13-4-6-14(7-5-13)15-8-10-16(12-21,11-9-15)17(18,19)20;;;1-5(2,3)4;;;;/h5-13,15-20H,2-4,14,21H2,1H3;8,16,19-21H,3-7,9-15,17-18H2,1-2H3;13-15H,3-12H2,1-2H3;13-15H,3-12H2,1-2H3,(H,19,20);12-15H,2-11H2,1H3;1H;;;1H;;;/q+1;;;;;;;;;;;/p-1/b;16-8+;;;;;;;;;;. The molecule has 736 valence electrons. The van der Waals surface area contributed by atoms with Crippen LogP contribution in [0.5, 0.6) is 0 Å². The number of hydrogen-bond acceptors (Lipinski definition) is 9. The molecule has 11 rings (SSSR count). The van der Waals surface area contributed by atoms with Crippen molar-refractivity contribution in [2.24, 2.45) is 92.7 Å². The summed E-state index contributed by atoms with van der Waals surface area (Å²) in [6, 6.07) is 33.6. The molecule has 0 aromatic heterocycles. The van der Waals surface area contributed by atoms with E-state index in [2.05, 4.69) is 137 Å². The number of unbranched alkanes of at least 4 members (excludes halogenated alkanes) is 6. The van der Waals surface area contributed by atoms with Gasteiger partial charge in [-0.05, 0) is 287 Å². The SMILES string of the molecule is CCCC1CCC(C2CCC(C(=O)O)(C(=O)OC)CC2)CC1.CCCC1CCC(C2CCC(C(=O)OC)(C(F)(F)F)CC2)CC1.CCCC1CCC(C2CCC(C=O)(C(F)(F)F)CC2)CC1.CCCCC/C=C/C1(C(F)(F)F)CCC(C2CCC(CCC)CC2)CC1.CCCCCC[P+](c1ccccc1)(c1ccccc1)c1ccccc1.F.FS(F)(F)F.[Br-].[O]=[Cr](=[O])=[O]. The molecule has 128 heavy (non-hydrogen) atoms. The minimum absolute atomic E-state index is 0. The second-order valence-corrected chi connectivity index (χ2v) is 43.0. The zero-order valence-electron chi connectivity index (χ0n) is 77.6. The molecule has 0 bridgehead atoms. The molecule has 0 saturated heterocycles. The Morgan fingerprint density at radius 1 is 0.406 bits per heavy atom. The second kappa shape index (κ2) is 58.9. The van der Waals surface area contributed by atoms with Gasteiger partial charge in [-0.25, -0.2) is 0 Å². The van der Waals surface area contributed by atoms with Crippen molar-refractivity contribution in [3.63, 3.8) is 0 Å². The fraction of sp³-hybridized carbons (Fsp3) is 0.760. The van der Waals surface area contributed by atoms with Crippen molar-refractivity contribution in [3.05, 3.63) is 103 Å². The van der Waals surface area contributed by atoms with E-state index >= 15 is 0 Å². The van der Waals surface area contributed by atoms with Crippen LogP contribution in [-0.4, -0.2) is 68.2 Å². The van der Waals surface area contributed by atoms with Crippen LogP contribution >= 0.6 is 18.8 Å². The van der Waals surface area contributed by atoms with Crippen molar-refractivity contribution in [1.29, 1.82) is 0 Å². The molecular formula is C100H154BrCrF14O10PS. The molecule has 0 aliphatic heterocycles. The van der Waals surface area contributed by atoms with Crippen LogP contribution in [0.25, 0.3) is 0 Å². The predicted molar refractivity (Wildman–Crippen MR) is 479 cm³/mol. The number of halogens is 15. The van der Waals surface area contributed by atoms with Crippen molar-refractivity contribution in [1.82, 2.24) is 0 Å². The molecule has 0 unspecified atom stereocenters. The number of carboxylic acid groups (broad SMARTS) is 1. The van der Waals surface area contributed by atoms with E-state index in [9.17, 15) is 79.3 Å². The van der Waals surface area contributed by atoms with Crippen LogP contribution in [0.3, 0.4) is 0 Å². The molecule has 8 aliphatic carbocycles. The molecule has 3 aromatic carbocycles. The fourth-order valence-corrected chi connectivity index (χ4v) is 27.3. The number of methoxy groups -OCH3 is 2. The van der Waals surface area contributed by atoms with Gasteiger partial charge in [-0.3, -0.25) is 19.1 Å². The predicted octanol–water partition coefficient (Wildman–Crippen LogP) is 28.2. The number of hydrogen-bond donors (Lipinski definition) is 1. The number of carbonyl (C=O) groups excluding carboxylic acids is 3. The first-order valence-corrected chi connectivity index (χ1v) is 52.8. The van der Waals surface area contributed by atoms with Crippen LogP contribution < -0.4 is 32.9 Å². The fourth-order valence-electron chi connectivity index (χ4n) is 22.9. The van der Waals surface area contributed by atoms with Crippen molar-refractivity contribution >= 4 is 58.9 Å². The molecule has 8 aliphatic rings. The third-order valence-corrected chi connectivity index (χ3v) is 35.0. The van der Waals surface area contributed by atoms with Gasteiger partial charge < -0.3 is 36.4 Å². The van der Waals surface area contributed by atoms with Crippen molar-refractivity contribution in [2.45, 2.75) is 368 Å². The first-order valence-electron chi connectivity index (χ1n) is 48.0. The van der Waals surface area contributed by atoms with Crippen molar-refractivity contribution < 1.29 is 136 Å². The van der Waals surface area contributed by atoms with E-state index in [4.69, 9.17) is 16.1 Å². The summed E-state index contributed by atoms with van der Waals surface area (Å²) in [4.78, 5) is 46.3. The van der Waals surface area contributed by atoms with Gasteiger partial charge in [0.25, 0.3) is 0 Å². The molecule has 0 atom stereocenters. The number of ether oxygens (including phenoxy) is 2. The normalized spacial score (nSPS) is 28.7. The van der Waals surface area contributed by atoms with Crippen LogP contribution in [0.1, 0.15) is 350 Å². The molecule has 10 nitrogen and oxygen atoms in total. The van der Waals surface area contributed by atoms with E-state index in [-0.39, 0.29) is 53.7 Å². The average molecular weight is 1980 g/mol. The third-order valence-electron chi connectivity index (χ3n) is 30.4. The minimum atomic E-state index is -6.17. The molecule has 28 heteroatoms. The zero-order valence-corrected chi connectivity index (χ0v) is 82.1. The summed E-state index contributed by atoms with van der Waals surface area (Å²) in [5, 5.41) is 14.0. The van der Waals surface area contributed by atoms with Gasteiger partial charge in [0.2, 0.25) is 0 Å². The van der Waals surface area contributed by atoms with Gasteiger partial charge in [-0.1, -0.05) is 252 Å². The van der Waals surface area contributed by atoms with E-state index in [0.717, 1.165) is 101 Å². The van der Waals surface area contributed by atoms with Gasteiger partial charge >= 0.3 is 73.4 Å². The van der Waals surface area contributed by atoms with Crippen molar-refractivity contribution in [2.75, 3.05) is 20.4 Å². The maximum absolute atomic E-state index is 13.8. The van der Waals surface area contributed by atoms with Gasteiger partial charge in [0.1, 0.15) is 34.9 Å². The van der Waals surface area contributed by atoms with Gasteiger partial charge in [0, 0.05) is 0 Å². The van der Waals surface area contributed by atoms with Gasteiger partial charge in [0.15, 0.2) is 10.8 Å². The summed E-state index contributed by atoms with van der Waals surface area (Å²) in [6.45, 7) is 13.3. The molecule has 0 heterocycles. The Bertz CT molecular complexity index is 3540. The Hall–Kier alpha value is -4.31. The first-order chi connectivity index (χ1) is 59.8. The van der Waals surface area contributed by atoms with Crippen LogP contribution in [-0.2, 0) is 54.0 Å². The topological polar surface area (TPSA) is 158 Å². The van der Waals surface area contributed by atoms with E-state index in [1.807, 2.05) is 6.08 Å². The van der Waals surface area contributed by atoms with E-state index < -0.39 is 90.9 Å². The number of benzene rings is 3. The number of carboxylic acids is 1. The Labute approximate surface area is 774 Å². The number of aliphatic carboxylic acids is 1. The maximum atomic E-state index is 13.8. The monoisotopic (exact) mass is 1970 g/mol. The molecule has 0 amide bonds. The second-order valence-electron chi connectivity index (χ2n) is 38.1. The quantitative estimate of drug-likeness (QED) is 0.0135. The number of carbonyl (C=O) groups is 4. The Kier molecular flexibility index (Phi) is 54.2. The van der Waals surface area contributed by atoms with Gasteiger partial charge in [0.05, 0.1) is 25.8 Å². The van der Waals surface area contributed by atoms with Gasteiger partial charge in [-0.2, -0.15) is 39.5 Å². The number of rotatable bonds is 29. The van der Waals surface area contributed by atoms with Gasteiger partial charge in [-0.15, -0.1) is 0 Å². The molecule has 8 saturated carbocycles. The van der Waals surface area contributed by atoms with E-state index in [0.29, 0.717) is 92.8 Å². The molecular weight excluding hydrogens is 1820 g/mol. The molecule has 0 radical (unpaired) electrons. The molecule has 8 fully saturated rings. The number of alkyl halides is 9. The van der Waals surface area contributed by atoms with Crippen LogP contribution in [0.2, 0.25) is 0 Å². The number of esters is 2. The number of allylic oxidation sites excluding steroid dienone is 2. The summed E-state index contributed by atoms with van der Waals surface area (Å²) in [6.07, 6.45) is 37.8. The summed E-state index contributed by atoms with van der Waals surface area (Å²) in [7, 11) is 0.745. The van der Waals surface area contributed by atoms with Crippen LogP contribution in [0.4, 0.5) is 59.8 Å². The van der Waals surface area contributed by atoms with Crippen LogP contribution in [0.15, 0.2) is 103 Å². The Morgan fingerprint density at radius 3 is 0.938 bits per heavy atom.